The maximum atomic E-state index is 12.4. The number of benzene rings is 1. The number of nitrogens with zero attached hydrogens (tertiary/aromatic N) is 2. The fourth-order valence-electron chi connectivity index (χ4n) is 2.60. The van der Waals surface area contributed by atoms with Gasteiger partial charge in [0, 0.05) is 24.7 Å². The average Bonchev–Trinajstić information content (AvgIpc) is 2.54. The number of hydrogen-bond donors (Lipinski definition) is 0. The first-order valence-electron chi connectivity index (χ1n) is 6.88. The third-order valence-electron chi connectivity index (χ3n) is 3.77. The van der Waals surface area contributed by atoms with Crippen LogP contribution in [0.5, 0.6) is 0 Å². The summed E-state index contributed by atoms with van der Waals surface area (Å²) in [5.74, 6) is 0.0972. The molecule has 0 saturated carbocycles. The quantitative estimate of drug-likeness (QED) is 0.800. The highest BCUT2D eigenvalue weighted by molar-refractivity contribution is 6.42. The van der Waals surface area contributed by atoms with Crippen LogP contribution in [-0.2, 0) is 0 Å². The van der Waals surface area contributed by atoms with Crippen LogP contribution in [0.2, 0.25) is 10.0 Å². The van der Waals surface area contributed by atoms with Crippen LogP contribution in [0.1, 0.15) is 23.7 Å². The molecule has 0 radical (unpaired) electrons. The highest BCUT2D eigenvalue weighted by atomic mass is 35.5. The molecule has 1 aromatic rings. The highest BCUT2D eigenvalue weighted by Gasteiger charge is 2.22. The standard InChI is InChI=1S/C15H20Cl2N2O/c1-11-9-18(2)6-3-7-19(11)10-15(20)12-4-5-13(16)14(17)8-12/h4-5,8,11H,3,6-7,9-10H2,1-2H3. The number of hydrogen-bond acceptors (Lipinski definition) is 3. The van der Waals surface area contributed by atoms with E-state index in [0.717, 1.165) is 26.1 Å². The van der Waals surface area contributed by atoms with Crippen molar-refractivity contribution in [2.24, 2.45) is 0 Å². The molecule has 0 aromatic heterocycles. The molecule has 20 heavy (non-hydrogen) atoms. The molecule has 1 heterocycles. The molecule has 0 N–H and O–H groups in total. The van der Waals surface area contributed by atoms with Gasteiger partial charge in [0.25, 0.3) is 0 Å². The lowest BCUT2D eigenvalue weighted by molar-refractivity contribution is 0.0900. The zero-order valence-electron chi connectivity index (χ0n) is 11.9. The van der Waals surface area contributed by atoms with Crippen LogP contribution in [0.4, 0.5) is 0 Å². The molecule has 0 bridgehead atoms. The highest BCUT2D eigenvalue weighted by Crippen LogP contribution is 2.23. The Bertz CT molecular complexity index is 493. The van der Waals surface area contributed by atoms with Crippen LogP contribution in [-0.4, -0.2) is 54.9 Å². The van der Waals surface area contributed by atoms with Crippen LogP contribution in [0.25, 0.3) is 0 Å². The van der Waals surface area contributed by atoms with Crippen molar-refractivity contribution in [2.75, 3.05) is 33.2 Å². The maximum Gasteiger partial charge on any atom is 0.176 e. The van der Waals surface area contributed by atoms with Gasteiger partial charge in [0.1, 0.15) is 0 Å². The van der Waals surface area contributed by atoms with E-state index >= 15 is 0 Å². The molecule has 1 aliphatic rings. The van der Waals surface area contributed by atoms with E-state index in [9.17, 15) is 4.79 Å². The second-order valence-corrected chi connectivity index (χ2v) is 6.30. The molecule has 1 atom stereocenters. The number of halogens is 2. The average molecular weight is 315 g/mol. The van der Waals surface area contributed by atoms with Gasteiger partial charge in [-0.2, -0.15) is 0 Å². The Morgan fingerprint density at radius 2 is 2.05 bits per heavy atom. The fraction of sp³-hybridized carbons (Fsp3) is 0.533. The summed E-state index contributed by atoms with van der Waals surface area (Å²) in [5, 5.41) is 0.911. The van der Waals surface area contributed by atoms with E-state index in [2.05, 4.69) is 23.8 Å². The van der Waals surface area contributed by atoms with E-state index in [4.69, 9.17) is 23.2 Å². The molecule has 1 unspecified atom stereocenters. The van der Waals surface area contributed by atoms with Crippen molar-refractivity contribution < 1.29 is 4.79 Å². The third kappa shape index (κ3) is 3.95. The molecule has 0 aliphatic carbocycles. The zero-order valence-corrected chi connectivity index (χ0v) is 13.4. The summed E-state index contributed by atoms with van der Waals surface area (Å²) in [6.45, 7) is 5.64. The van der Waals surface area contributed by atoms with E-state index in [0.29, 0.717) is 28.2 Å². The van der Waals surface area contributed by atoms with Crippen molar-refractivity contribution in [1.29, 1.82) is 0 Å². The maximum absolute atomic E-state index is 12.4. The van der Waals surface area contributed by atoms with Gasteiger partial charge in [0.05, 0.1) is 16.6 Å². The number of Topliss-reactive ketones (excluding diaryl/α,β-unsaturated/α-hetero) is 1. The predicted molar refractivity (Wildman–Crippen MR) is 83.9 cm³/mol. The molecule has 1 fully saturated rings. The first-order valence-corrected chi connectivity index (χ1v) is 7.64. The predicted octanol–water partition coefficient (Wildman–Crippen LogP) is 3.20. The topological polar surface area (TPSA) is 23.6 Å². The lowest BCUT2D eigenvalue weighted by atomic mass is 10.1. The van der Waals surface area contributed by atoms with E-state index in [1.165, 1.54) is 0 Å². The van der Waals surface area contributed by atoms with Gasteiger partial charge in [0.2, 0.25) is 0 Å². The molecular weight excluding hydrogens is 295 g/mol. The summed E-state index contributed by atoms with van der Waals surface area (Å²) in [6, 6.07) is 5.46. The molecule has 1 saturated heterocycles. The van der Waals surface area contributed by atoms with Crippen LogP contribution in [0, 0.1) is 0 Å². The Labute approximate surface area is 130 Å². The number of likely N-dealkylation sites (N-methyl/N-ethyl adjacent to an activating group) is 1. The first kappa shape index (κ1) is 15.8. The summed E-state index contributed by atoms with van der Waals surface area (Å²) in [6.07, 6.45) is 1.09. The lowest BCUT2D eigenvalue weighted by Gasteiger charge is -2.27. The Morgan fingerprint density at radius 1 is 1.30 bits per heavy atom. The van der Waals surface area contributed by atoms with Crippen molar-refractivity contribution in [2.45, 2.75) is 19.4 Å². The summed E-state index contributed by atoms with van der Waals surface area (Å²) < 4.78 is 0. The Balaban J connectivity index is 2.04. The minimum Gasteiger partial charge on any atom is -0.305 e. The molecule has 0 spiro atoms. The fourth-order valence-corrected chi connectivity index (χ4v) is 2.90. The molecule has 3 nitrogen and oxygen atoms in total. The van der Waals surface area contributed by atoms with E-state index < -0.39 is 0 Å². The van der Waals surface area contributed by atoms with E-state index in [-0.39, 0.29) is 5.78 Å². The second kappa shape index (κ2) is 6.90. The monoisotopic (exact) mass is 314 g/mol. The summed E-state index contributed by atoms with van der Waals surface area (Å²) in [5.41, 5.74) is 0.629. The van der Waals surface area contributed by atoms with E-state index in [1.807, 2.05) is 0 Å². The molecule has 2 rings (SSSR count). The normalized spacial score (nSPS) is 21.7. The van der Waals surface area contributed by atoms with Gasteiger partial charge in [-0.1, -0.05) is 23.2 Å². The smallest absolute Gasteiger partial charge is 0.176 e. The number of ketones is 1. The van der Waals surface area contributed by atoms with Crippen molar-refractivity contribution in [1.82, 2.24) is 9.80 Å². The van der Waals surface area contributed by atoms with Crippen molar-refractivity contribution in [3.05, 3.63) is 33.8 Å². The SMILES string of the molecule is CC1CN(C)CCCN1CC(=O)c1ccc(Cl)c(Cl)c1. The van der Waals surface area contributed by atoms with Gasteiger partial charge in [-0.05, 0) is 45.1 Å². The van der Waals surface area contributed by atoms with Gasteiger partial charge in [-0.15, -0.1) is 0 Å². The summed E-state index contributed by atoms with van der Waals surface area (Å²) >= 11 is 11.8. The van der Waals surface area contributed by atoms with Gasteiger partial charge >= 0.3 is 0 Å². The van der Waals surface area contributed by atoms with Crippen molar-refractivity contribution >= 4 is 29.0 Å². The molecule has 1 aromatic carbocycles. The Hall–Kier alpha value is -0.610. The number of rotatable bonds is 3. The van der Waals surface area contributed by atoms with Crippen molar-refractivity contribution in [3.63, 3.8) is 0 Å². The lowest BCUT2D eigenvalue weighted by Crippen LogP contribution is -2.40. The van der Waals surface area contributed by atoms with Gasteiger partial charge < -0.3 is 4.90 Å². The molecule has 0 amide bonds. The van der Waals surface area contributed by atoms with Gasteiger partial charge in [-0.3, -0.25) is 9.69 Å². The minimum atomic E-state index is 0.0972. The first-order chi connectivity index (χ1) is 9.47. The largest absolute Gasteiger partial charge is 0.305 e. The summed E-state index contributed by atoms with van der Waals surface area (Å²) in [7, 11) is 2.13. The third-order valence-corrected chi connectivity index (χ3v) is 4.51. The van der Waals surface area contributed by atoms with Crippen molar-refractivity contribution in [3.8, 4) is 0 Å². The summed E-state index contributed by atoms with van der Waals surface area (Å²) in [4.78, 5) is 16.9. The zero-order chi connectivity index (χ0) is 14.7. The van der Waals surface area contributed by atoms with E-state index in [1.54, 1.807) is 18.2 Å². The van der Waals surface area contributed by atoms with Gasteiger partial charge in [-0.25, -0.2) is 0 Å². The Morgan fingerprint density at radius 3 is 2.75 bits per heavy atom. The molecule has 5 heteroatoms. The molecule has 110 valence electrons. The van der Waals surface area contributed by atoms with Crippen LogP contribution in [0.3, 0.4) is 0 Å². The Kier molecular flexibility index (Phi) is 5.44. The minimum absolute atomic E-state index is 0.0972. The number of carbonyl (C=O) groups excluding carboxylic acids is 1. The van der Waals surface area contributed by atoms with Crippen LogP contribution >= 0.6 is 23.2 Å². The van der Waals surface area contributed by atoms with Crippen LogP contribution in [0.15, 0.2) is 18.2 Å². The number of carbonyl (C=O) groups is 1. The van der Waals surface area contributed by atoms with Crippen LogP contribution < -0.4 is 0 Å². The second-order valence-electron chi connectivity index (χ2n) is 5.49. The molecule has 1 aliphatic heterocycles. The molecular formula is C15H20Cl2N2O. The van der Waals surface area contributed by atoms with Gasteiger partial charge in [0.15, 0.2) is 5.78 Å².